The molecule has 1 aliphatic heterocycles. The van der Waals surface area contributed by atoms with E-state index in [0.717, 1.165) is 52.8 Å². The van der Waals surface area contributed by atoms with Crippen molar-refractivity contribution in [3.63, 3.8) is 0 Å². The number of anilines is 1. The molecule has 0 radical (unpaired) electrons. The summed E-state index contributed by atoms with van der Waals surface area (Å²) in [6.45, 7) is 3.11. The van der Waals surface area contributed by atoms with Crippen molar-refractivity contribution >= 4 is 60.1 Å². The summed E-state index contributed by atoms with van der Waals surface area (Å²) < 4.78 is 7.72. The number of benzene rings is 1. The first kappa shape index (κ1) is 16.2. The standard InChI is InChI=1S/C17H15BrN2O2S2/c18-12-1-2-15-11(7-12)8-13(23-15)9-14-16(10-21)24-17(19-14)20-3-5-22-6-4-20/h1-2,7-8,10H,3-6,9H2. The molecule has 7 heteroatoms. The first-order valence-corrected chi connectivity index (χ1v) is 10.1. The number of morpholine rings is 1. The topological polar surface area (TPSA) is 42.4 Å². The van der Waals surface area contributed by atoms with Gasteiger partial charge in [0, 0.05) is 33.6 Å². The highest BCUT2D eigenvalue weighted by Crippen LogP contribution is 2.32. The van der Waals surface area contributed by atoms with Gasteiger partial charge in [-0.05, 0) is 29.7 Å². The van der Waals surface area contributed by atoms with E-state index in [2.05, 4.69) is 45.1 Å². The van der Waals surface area contributed by atoms with Crippen LogP contribution < -0.4 is 4.90 Å². The SMILES string of the molecule is O=Cc1sc(N2CCOCC2)nc1Cc1cc2cc(Br)ccc2s1. The Morgan fingerprint density at radius 2 is 2.08 bits per heavy atom. The van der Waals surface area contributed by atoms with E-state index in [0.29, 0.717) is 6.42 Å². The molecule has 0 amide bonds. The lowest BCUT2D eigenvalue weighted by Gasteiger charge is -2.26. The number of thiazole rings is 1. The molecule has 1 saturated heterocycles. The van der Waals surface area contributed by atoms with E-state index in [-0.39, 0.29) is 0 Å². The predicted molar refractivity (Wildman–Crippen MR) is 103 cm³/mol. The molecule has 24 heavy (non-hydrogen) atoms. The second-order valence-electron chi connectivity index (χ2n) is 5.60. The van der Waals surface area contributed by atoms with Gasteiger partial charge in [0.15, 0.2) is 11.4 Å². The van der Waals surface area contributed by atoms with Crippen molar-refractivity contribution in [1.29, 1.82) is 0 Å². The molecule has 0 spiro atoms. The molecule has 3 aromatic rings. The summed E-state index contributed by atoms with van der Waals surface area (Å²) in [5, 5.41) is 2.15. The van der Waals surface area contributed by atoms with E-state index in [1.54, 1.807) is 11.3 Å². The van der Waals surface area contributed by atoms with Crippen LogP contribution in [0.2, 0.25) is 0 Å². The van der Waals surface area contributed by atoms with E-state index < -0.39 is 0 Å². The quantitative estimate of drug-likeness (QED) is 0.585. The van der Waals surface area contributed by atoms with Crippen LogP contribution in [0.5, 0.6) is 0 Å². The summed E-state index contributed by atoms with van der Waals surface area (Å²) in [5.41, 5.74) is 0.877. The van der Waals surface area contributed by atoms with E-state index >= 15 is 0 Å². The molecule has 0 bridgehead atoms. The van der Waals surface area contributed by atoms with Crippen molar-refractivity contribution in [3.05, 3.63) is 44.2 Å². The molecule has 1 fully saturated rings. The number of hydrogen-bond acceptors (Lipinski definition) is 6. The first-order valence-electron chi connectivity index (χ1n) is 7.68. The van der Waals surface area contributed by atoms with Crippen molar-refractivity contribution in [2.75, 3.05) is 31.2 Å². The highest BCUT2D eigenvalue weighted by atomic mass is 79.9. The molecule has 2 aromatic heterocycles. The molecule has 0 N–H and O–H groups in total. The van der Waals surface area contributed by atoms with Crippen molar-refractivity contribution in [2.24, 2.45) is 0 Å². The van der Waals surface area contributed by atoms with Gasteiger partial charge in [0.25, 0.3) is 0 Å². The van der Waals surface area contributed by atoms with Crippen LogP contribution in [-0.2, 0) is 11.2 Å². The number of ether oxygens (including phenoxy) is 1. The summed E-state index contributed by atoms with van der Waals surface area (Å²) in [5.74, 6) is 0. The van der Waals surface area contributed by atoms with Crippen LogP contribution in [0.1, 0.15) is 20.2 Å². The largest absolute Gasteiger partial charge is 0.378 e. The Kier molecular flexibility index (Phi) is 4.67. The van der Waals surface area contributed by atoms with Gasteiger partial charge in [-0.15, -0.1) is 11.3 Å². The highest BCUT2D eigenvalue weighted by Gasteiger charge is 2.19. The smallest absolute Gasteiger partial charge is 0.186 e. The third-order valence-electron chi connectivity index (χ3n) is 3.98. The van der Waals surface area contributed by atoms with E-state index in [4.69, 9.17) is 9.72 Å². The van der Waals surface area contributed by atoms with Gasteiger partial charge in [-0.2, -0.15) is 0 Å². The van der Waals surface area contributed by atoms with Crippen molar-refractivity contribution in [2.45, 2.75) is 6.42 Å². The van der Waals surface area contributed by atoms with Gasteiger partial charge >= 0.3 is 0 Å². The number of fused-ring (bicyclic) bond motifs is 1. The molecular formula is C17H15BrN2O2S2. The fraction of sp³-hybridized carbons (Fsp3) is 0.294. The molecule has 1 aliphatic rings. The summed E-state index contributed by atoms with van der Waals surface area (Å²) >= 11 is 6.75. The minimum absolute atomic E-state index is 0.700. The lowest BCUT2D eigenvalue weighted by atomic mass is 10.2. The second-order valence-corrected chi connectivity index (χ2v) is 8.69. The van der Waals surface area contributed by atoms with Crippen LogP contribution in [0, 0.1) is 0 Å². The minimum Gasteiger partial charge on any atom is -0.378 e. The molecule has 0 aliphatic carbocycles. The third kappa shape index (κ3) is 3.26. The summed E-state index contributed by atoms with van der Waals surface area (Å²) in [4.78, 5) is 20.4. The van der Waals surface area contributed by atoms with E-state index in [1.807, 2.05) is 0 Å². The normalized spacial score (nSPS) is 15.1. The number of nitrogens with zero attached hydrogens (tertiary/aromatic N) is 2. The molecule has 4 nitrogen and oxygen atoms in total. The Hall–Kier alpha value is -1.28. The Bertz CT molecular complexity index is 884. The second kappa shape index (κ2) is 6.92. The fourth-order valence-electron chi connectivity index (χ4n) is 2.78. The molecule has 4 rings (SSSR count). The van der Waals surface area contributed by atoms with Crippen LogP contribution in [0.3, 0.4) is 0 Å². The lowest BCUT2D eigenvalue weighted by Crippen LogP contribution is -2.36. The first-order chi connectivity index (χ1) is 11.7. The highest BCUT2D eigenvalue weighted by molar-refractivity contribution is 9.10. The van der Waals surface area contributed by atoms with Crippen LogP contribution in [0.25, 0.3) is 10.1 Å². The van der Waals surface area contributed by atoms with Crippen LogP contribution >= 0.6 is 38.6 Å². The van der Waals surface area contributed by atoms with Crippen molar-refractivity contribution < 1.29 is 9.53 Å². The number of aromatic nitrogens is 1. The van der Waals surface area contributed by atoms with Gasteiger partial charge in [-0.25, -0.2) is 4.98 Å². The van der Waals surface area contributed by atoms with Crippen LogP contribution in [-0.4, -0.2) is 37.6 Å². The maximum atomic E-state index is 11.5. The van der Waals surface area contributed by atoms with E-state index in [9.17, 15) is 4.79 Å². The molecule has 124 valence electrons. The van der Waals surface area contributed by atoms with Crippen molar-refractivity contribution in [1.82, 2.24) is 4.98 Å². The Morgan fingerprint density at radius 1 is 1.25 bits per heavy atom. The number of carbonyl (C=O) groups is 1. The maximum Gasteiger partial charge on any atom is 0.186 e. The van der Waals surface area contributed by atoms with Gasteiger partial charge < -0.3 is 9.64 Å². The fourth-order valence-corrected chi connectivity index (χ4v) is 5.16. The van der Waals surface area contributed by atoms with Gasteiger partial charge in [-0.1, -0.05) is 27.3 Å². The van der Waals surface area contributed by atoms with Gasteiger partial charge in [0.2, 0.25) is 0 Å². The molecule has 1 aromatic carbocycles. The lowest BCUT2D eigenvalue weighted by molar-refractivity contribution is 0.112. The van der Waals surface area contributed by atoms with Gasteiger partial charge in [-0.3, -0.25) is 4.79 Å². The number of carbonyl (C=O) groups excluding carboxylic acids is 1. The zero-order valence-corrected chi connectivity index (χ0v) is 16.0. The van der Waals surface area contributed by atoms with Gasteiger partial charge in [0.1, 0.15) is 0 Å². The number of halogens is 1. The minimum atomic E-state index is 0.700. The molecular weight excluding hydrogens is 408 g/mol. The summed E-state index contributed by atoms with van der Waals surface area (Å²) in [7, 11) is 0. The zero-order valence-electron chi connectivity index (χ0n) is 12.8. The Balaban J connectivity index is 1.62. The van der Waals surface area contributed by atoms with Crippen LogP contribution in [0.15, 0.2) is 28.7 Å². The Labute approximate surface area is 156 Å². The average Bonchev–Trinajstić information content (AvgIpc) is 3.19. The Morgan fingerprint density at radius 3 is 2.88 bits per heavy atom. The molecule has 3 heterocycles. The third-order valence-corrected chi connectivity index (χ3v) is 6.67. The van der Waals surface area contributed by atoms with Gasteiger partial charge in [0.05, 0.1) is 23.8 Å². The van der Waals surface area contributed by atoms with E-state index in [1.165, 1.54) is 26.3 Å². The van der Waals surface area contributed by atoms with Crippen LogP contribution in [0.4, 0.5) is 5.13 Å². The number of aldehydes is 1. The summed E-state index contributed by atoms with van der Waals surface area (Å²) in [6.07, 6.45) is 1.63. The predicted octanol–water partition coefficient (Wildman–Crippen LogP) is 4.36. The number of hydrogen-bond donors (Lipinski definition) is 0. The number of rotatable bonds is 4. The van der Waals surface area contributed by atoms with Crippen molar-refractivity contribution in [3.8, 4) is 0 Å². The average molecular weight is 423 g/mol. The molecule has 0 atom stereocenters. The monoisotopic (exact) mass is 422 g/mol. The molecule has 0 unspecified atom stereocenters. The zero-order chi connectivity index (χ0) is 16.5. The maximum absolute atomic E-state index is 11.5. The number of thiophene rings is 1. The summed E-state index contributed by atoms with van der Waals surface area (Å²) in [6, 6.07) is 8.48. The molecule has 0 saturated carbocycles.